The summed E-state index contributed by atoms with van der Waals surface area (Å²) in [5.41, 5.74) is 5.44. The summed E-state index contributed by atoms with van der Waals surface area (Å²) in [6.45, 7) is 3.71. The molecule has 0 fully saturated rings. The van der Waals surface area contributed by atoms with Gasteiger partial charge in [0.05, 0.1) is 5.75 Å². The summed E-state index contributed by atoms with van der Waals surface area (Å²) in [6.07, 6.45) is 0. The Bertz CT molecular complexity index is 186. The van der Waals surface area contributed by atoms with Crippen LogP contribution in [0, 0.1) is 5.92 Å². The summed E-state index contributed by atoms with van der Waals surface area (Å²) in [4.78, 5) is 0. The van der Waals surface area contributed by atoms with Gasteiger partial charge >= 0.3 is 0 Å². The molecule has 5 heteroatoms. The van der Waals surface area contributed by atoms with Crippen molar-refractivity contribution in [1.82, 2.24) is 0 Å². The predicted octanol–water partition coefficient (Wildman–Crippen LogP) is -0.742. The van der Waals surface area contributed by atoms with Crippen LogP contribution >= 0.6 is 0 Å². The van der Waals surface area contributed by atoms with Crippen molar-refractivity contribution in [2.75, 3.05) is 5.75 Å². The van der Waals surface area contributed by atoms with Crippen molar-refractivity contribution in [3.63, 3.8) is 0 Å². The van der Waals surface area contributed by atoms with Gasteiger partial charge in [-0.3, -0.25) is 0 Å². The minimum atomic E-state index is -3.39. The van der Waals surface area contributed by atoms with E-state index in [0.717, 1.165) is 0 Å². The molecule has 0 spiro atoms. The minimum absolute atomic E-state index is 0.134. The Balaban J connectivity index is 3.93. The second-order valence-electron chi connectivity index (χ2n) is 2.74. The molecule has 0 rings (SSSR count). The molecule has 0 amide bonds. The molecule has 1 atom stereocenters. The van der Waals surface area contributed by atoms with E-state index in [4.69, 9.17) is 10.9 Å². The lowest BCUT2D eigenvalue weighted by molar-refractivity contribution is 0.516. The first-order valence-corrected chi connectivity index (χ1v) is 4.80. The van der Waals surface area contributed by atoms with Gasteiger partial charge in [0.1, 0.15) is 0 Å². The maximum atomic E-state index is 10.4. The molecule has 0 aromatic rings. The topological polar surface area (TPSA) is 86.2 Å². The highest BCUT2D eigenvalue weighted by Gasteiger charge is 2.13. The first kappa shape index (κ1) is 9.87. The third-order valence-corrected chi connectivity index (χ3v) is 2.13. The van der Waals surface area contributed by atoms with Crippen molar-refractivity contribution < 1.29 is 8.42 Å². The molecular weight excluding hydrogens is 152 g/mol. The normalized spacial score (nSPS) is 15.7. The van der Waals surface area contributed by atoms with Gasteiger partial charge in [0.2, 0.25) is 10.0 Å². The molecule has 0 aliphatic rings. The van der Waals surface area contributed by atoms with E-state index in [1.807, 2.05) is 13.8 Å². The molecule has 0 aliphatic heterocycles. The Morgan fingerprint density at radius 3 is 1.90 bits per heavy atom. The fourth-order valence-electron chi connectivity index (χ4n) is 0.461. The summed E-state index contributed by atoms with van der Waals surface area (Å²) in [5.74, 6) is 0.0170. The van der Waals surface area contributed by atoms with Crippen molar-refractivity contribution in [1.29, 1.82) is 0 Å². The second-order valence-corrected chi connectivity index (χ2v) is 4.40. The zero-order valence-electron chi connectivity index (χ0n) is 6.24. The number of rotatable bonds is 3. The quantitative estimate of drug-likeness (QED) is 0.579. The first-order valence-electron chi connectivity index (χ1n) is 3.09. The Kier molecular flexibility index (Phi) is 3.27. The van der Waals surface area contributed by atoms with Crippen LogP contribution in [-0.4, -0.2) is 20.2 Å². The monoisotopic (exact) mass is 166 g/mol. The molecule has 0 aliphatic carbocycles. The van der Waals surface area contributed by atoms with Gasteiger partial charge in [0.25, 0.3) is 0 Å². The zero-order chi connectivity index (χ0) is 8.36. The Labute approximate surface area is 61.6 Å². The van der Waals surface area contributed by atoms with Crippen molar-refractivity contribution in [2.45, 2.75) is 19.9 Å². The molecule has 0 unspecified atom stereocenters. The van der Waals surface area contributed by atoms with Gasteiger partial charge in [0.15, 0.2) is 0 Å². The molecular formula is C5H14N2O2S. The highest BCUT2D eigenvalue weighted by atomic mass is 32.2. The number of hydrogen-bond acceptors (Lipinski definition) is 3. The van der Waals surface area contributed by atoms with E-state index in [2.05, 4.69) is 0 Å². The SMILES string of the molecule is CC(C)[C@H](N)CS(N)(=O)=O. The first-order chi connectivity index (χ1) is 4.33. The van der Waals surface area contributed by atoms with E-state index in [0.29, 0.717) is 0 Å². The van der Waals surface area contributed by atoms with Crippen LogP contribution < -0.4 is 10.9 Å². The lowest BCUT2D eigenvalue weighted by Crippen LogP contribution is -2.37. The molecule has 0 aromatic carbocycles. The van der Waals surface area contributed by atoms with E-state index < -0.39 is 10.0 Å². The van der Waals surface area contributed by atoms with Crippen LogP contribution in [0.2, 0.25) is 0 Å². The predicted molar refractivity (Wildman–Crippen MR) is 40.8 cm³/mol. The van der Waals surface area contributed by atoms with Gasteiger partial charge in [-0.2, -0.15) is 0 Å². The molecule has 62 valence electrons. The third kappa shape index (κ3) is 4.72. The van der Waals surface area contributed by atoms with Gasteiger partial charge in [-0.25, -0.2) is 13.6 Å². The van der Waals surface area contributed by atoms with E-state index in [-0.39, 0.29) is 17.7 Å². The number of hydrogen-bond donors (Lipinski definition) is 2. The van der Waals surface area contributed by atoms with E-state index in [1.165, 1.54) is 0 Å². The summed E-state index contributed by atoms with van der Waals surface area (Å²) < 4.78 is 20.9. The molecule has 10 heavy (non-hydrogen) atoms. The summed E-state index contributed by atoms with van der Waals surface area (Å²) in [7, 11) is -3.39. The van der Waals surface area contributed by atoms with Crippen molar-refractivity contribution in [3.8, 4) is 0 Å². The average Bonchev–Trinajstić information content (AvgIpc) is 1.60. The number of nitrogens with two attached hydrogens (primary N) is 2. The fourth-order valence-corrected chi connectivity index (χ4v) is 1.38. The van der Waals surface area contributed by atoms with Crippen molar-refractivity contribution >= 4 is 10.0 Å². The van der Waals surface area contributed by atoms with Gasteiger partial charge in [-0.1, -0.05) is 13.8 Å². The smallest absolute Gasteiger partial charge is 0.210 e. The van der Waals surface area contributed by atoms with Gasteiger partial charge < -0.3 is 5.73 Å². The van der Waals surface area contributed by atoms with Crippen LogP contribution in [0.5, 0.6) is 0 Å². The maximum Gasteiger partial charge on any atom is 0.210 e. The minimum Gasteiger partial charge on any atom is -0.326 e. The molecule has 4 nitrogen and oxygen atoms in total. The molecule has 0 bridgehead atoms. The lowest BCUT2D eigenvalue weighted by Gasteiger charge is -2.12. The maximum absolute atomic E-state index is 10.4. The van der Waals surface area contributed by atoms with E-state index in [9.17, 15) is 8.42 Å². The van der Waals surface area contributed by atoms with Crippen molar-refractivity contribution in [3.05, 3.63) is 0 Å². The van der Waals surface area contributed by atoms with Crippen LogP contribution in [0.4, 0.5) is 0 Å². The lowest BCUT2D eigenvalue weighted by atomic mass is 10.1. The Morgan fingerprint density at radius 2 is 1.80 bits per heavy atom. The molecule has 0 heterocycles. The number of primary sulfonamides is 1. The standard InChI is InChI=1S/C5H14N2O2S/c1-4(2)5(6)3-10(7,8)9/h4-5H,3,6H2,1-2H3,(H2,7,8,9)/t5-/m1/s1. The second kappa shape index (κ2) is 3.32. The third-order valence-electron chi connectivity index (χ3n) is 1.28. The highest BCUT2D eigenvalue weighted by molar-refractivity contribution is 7.89. The molecule has 0 aromatic heterocycles. The van der Waals surface area contributed by atoms with Crippen LogP contribution in [0.3, 0.4) is 0 Å². The molecule has 0 radical (unpaired) electrons. The van der Waals surface area contributed by atoms with Gasteiger partial charge in [-0.05, 0) is 5.92 Å². The van der Waals surface area contributed by atoms with Crippen molar-refractivity contribution in [2.24, 2.45) is 16.8 Å². The molecule has 0 saturated carbocycles. The van der Waals surface area contributed by atoms with Gasteiger partial charge in [0, 0.05) is 6.04 Å². The largest absolute Gasteiger partial charge is 0.326 e. The van der Waals surface area contributed by atoms with Crippen LogP contribution in [0.25, 0.3) is 0 Å². The molecule has 4 N–H and O–H groups in total. The van der Waals surface area contributed by atoms with Crippen LogP contribution in [0.1, 0.15) is 13.8 Å². The van der Waals surface area contributed by atoms with Crippen LogP contribution in [-0.2, 0) is 10.0 Å². The van der Waals surface area contributed by atoms with Gasteiger partial charge in [-0.15, -0.1) is 0 Å². The zero-order valence-corrected chi connectivity index (χ0v) is 7.06. The van der Waals surface area contributed by atoms with Crippen LogP contribution in [0.15, 0.2) is 0 Å². The number of sulfonamides is 1. The fraction of sp³-hybridized carbons (Fsp3) is 1.00. The van der Waals surface area contributed by atoms with E-state index >= 15 is 0 Å². The highest BCUT2D eigenvalue weighted by Crippen LogP contribution is 1.99. The summed E-state index contributed by atoms with van der Waals surface area (Å²) in [6, 6.07) is -0.352. The summed E-state index contributed by atoms with van der Waals surface area (Å²) >= 11 is 0. The summed E-state index contributed by atoms with van der Waals surface area (Å²) in [5, 5.41) is 4.77. The Hall–Kier alpha value is -0.130. The Morgan fingerprint density at radius 1 is 1.40 bits per heavy atom. The molecule has 0 saturated heterocycles. The average molecular weight is 166 g/mol. The van der Waals surface area contributed by atoms with E-state index in [1.54, 1.807) is 0 Å².